The molecule has 1 aliphatic heterocycles. The molecule has 3 aromatic carbocycles. The van der Waals surface area contributed by atoms with E-state index in [0.717, 1.165) is 22.4 Å². The summed E-state index contributed by atoms with van der Waals surface area (Å²) in [7, 11) is 0. The molecule has 9 heteroatoms. The number of hydrogen-bond donors (Lipinski definition) is 0. The molecule has 0 radical (unpaired) electrons. The van der Waals surface area contributed by atoms with E-state index in [2.05, 4.69) is 22.3 Å². The van der Waals surface area contributed by atoms with Gasteiger partial charge in [0.1, 0.15) is 0 Å². The molecule has 8 nitrogen and oxygen atoms in total. The normalized spacial score (nSPS) is 15.1. The van der Waals surface area contributed by atoms with E-state index in [4.69, 9.17) is 4.42 Å². The van der Waals surface area contributed by atoms with Crippen LogP contribution in [0.4, 0.5) is 0 Å². The van der Waals surface area contributed by atoms with Gasteiger partial charge in [0.15, 0.2) is 10.9 Å². The Morgan fingerprint density at radius 3 is 2.33 bits per heavy atom. The lowest BCUT2D eigenvalue weighted by atomic mass is 10.0. The Labute approximate surface area is 249 Å². The second kappa shape index (κ2) is 12.1. The van der Waals surface area contributed by atoms with Crippen LogP contribution >= 0.6 is 11.8 Å². The van der Waals surface area contributed by atoms with Crippen LogP contribution in [0.5, 0.6) is 0 Å². The SMILES string of the molecule is Cc1ccccc1-n1c(SCC(=O)N2CCN(C(=O)c3ccc(-c4ccccc4)cc3)C(C)C2)nnc1-c1ccco1. The van der Waals surface area contributed by atoms with Gasteiger partial charge in [-0.2, -0.15) is 0 Å². The summed E-state index contributed by atoms with van der Waals surface area (Å²) in [5.74, 6) is 1.39. The summed E-state index contributed by atoms with van der Waals surface area (Å²) in [6.45, 7) is 5.47. The lowest BCUT2D eigenvalue weighted by Crippen LogP contribution is -2.55. The van der Waals surface area contributed by atoms with E-state index in [1.165, 1.54) is 11.8 Å². The highest BCUT2D eigenvalue weighted by Crippen LogP contribution is 2.30. The number of aromatic nitrogens is 3. The summed E-state index contributed by atoms with van der Waals surface area (Å²) in [5, 5.41) is 9.41. The van der Waals surface area contributed by atoms with E-state index in [-0.39, 0.29) is 23.6 Å². The van der Waals surface area contributed by atoms with Crippen LogP contribution in [-0.4, -0.2) is 67.8 Å². The number of aryl methyl sites for hydroxylation is 1. The van der Waals surface area contributed by atoms with Crippen molar-refractivity contribution in [2.24, 2.45) is 0 Å². The monoisotopic (exact) mass is 577 g/mol. The third-order valence-corrected chi connectivity index (χ3v) is 8.45. The van der Waals surface area contributed by atoms with Crippen molar-refractivity contribution in [3.8, 4) is 28.4 Å². The molecular formula is C33H31N5O3S. The van der Waals surface area contributed by atoms with Gasteiger partial charge in [0.25, 0.3) is 5.91 Å². The Balaban J connectivity index is 1.11. The Hall–Kier alpha value is -4.63. The largest absolute Gasteiger partial charge is 0.461 e. The molecule has 42 heavy (non-hydrogen) atoms. The number of carbonyl (C=O) groups is 2. The summed E-state index contributed by atoms with van der Waals surface area (Å²) in [5.41, 5.74) is 4.83. The zero-order valence-electron chi connectivity index (χ0n) is 23.5. The van der Waals surface area contributed by atoms with Gasteiger partial charge in [0, 0.05) is 31.2 Å². The van der Waals surface area contributed by atoms with Crippen molar-refractivity contribution in [3.63, 3.8) is 0 Å². The molecule has 6 rings (SSSR count). The predicted molar refractivity (Wildman–Crippen MR) is 163 cm³/mol. The maximum Gasteiger partial charge on any atom is 0.254 e. The molecule has 1 atom stereocenters. The fourth-order valence-electron chi connectivity index (χ4n) is 5.27. The van der Waals surface area contributed by atoms with Crippen LogP contribution in [0.2, 0.25) is 0 Å². The topological polar surface area (TPSA) is 84.5 Å². The van der Waals surface area contributed by atoms with E-state index in [1.54, 1.807) is 6.26 Å². The van der Waals surface area contributed by atoms with Crippen LogP contribution < -0.4 is 0 Å². The third kappa shape index (κ3) is 5.60. The number of hydrogen-bond acceptors (Lipinski definition) is 6. The van der Waals surface area contributed by atoms with Crippen molar-refractivity contribution in [1.82, 2.24) is 24.6 Å². The lowest BCUT2D eigenvalue weighted by molar-refractivity contribution is -0.130. The number of thioether (sulfide) groups is 1. The molecule has 212 valence electrons. The maximum atomic E-state index is 13.3. The minimum atomic E-state index is -0.102. The molecule has 1 aliphatic rings. The molecule has 0 saturated carbocycles. The molecule has 2 aromatic heterocycles. The predicted octanol–water partition coefficient (Wildman–Crippen LogP) is 5.97. The second-order valence-electron chi connectivity index (χ2n) is 10.3. The van der Waals surface area contributed by atoms with E-state index in [0.29, 0.717) is 41.9 Å². The molecule has 1 unspecified atom stereocenters. The second-order valence-corrected chi connectivity index (χ2v) is 11.3. The van der Waals surface area contributed by atoms with Crippen molar-refractivity contribution in [3.05, 3.63) is 108 Å². The first-order chi connectivity index (χ1) is 20.5. The smallest absolute Gasteiger partial charge is 0.254 e. The number of furan rings is 1. The number of nitrogens with zero attached hydrogens (tertiary/aromatic N) is 5. The van der Waals surface area contributed by atoms with Crippen molar-refractivity contribution >= 4 is 23.6 Å². The summed E-state index contributed by atoms with van der Waals surface area (Å²) in [6.07, 6.45) is 1.61. The lowest BCUT2D eigenvalue weighted by Gasteiger charge is -2.40. The zero-order chi connectivity index (χ0) is 29.1. The minimum Gasteiger partial charge on any atom is -0.461 e. The van der Waals surface area contributed by atoms with Gasteiger partial charge in [-0.05, 0) is 60.9 Å². The summed E-state index contributed by atoms with van der Waals surface area (Å²) in [6, 6.07) is 29.4. The zero-order valence-corrected chi connectivity index (χ0v) is 24.3. The molecule has 1 fully saturated rings. The molecule has 0 aliphatic carbocycles. The van der Waals surface area contributed by atoms with Crippen LogP contribution in [0.25, 0.3) is 28.4 Å². The van der Waals surface area contributed by atoms with Crippen LogP contribution in [0, 0.1) is 6.92 Å². The maximum absolute atomic E-state index is 13.3. The quantitative estimate of drug-likeness (QED) is 0.222. The van der Waals surface area contributed by atoms with E-state index in [1.807, 2.05) is 107 Å². The fraction of sp³-hybridized carbons (Fsp3) is 0.212. The highest BCUT2D eigenvalue weighted by atomic mass is 32.2. The third-order valence-electron chi connectivity index (χ3n) is 7.54. The standard InChI is InChI=1S/C33H31N5O3S/c1-23-9-6-7-12-28(23)38-31(29-13-8-20-41-29)34-35-33(38)42-22-30(39)36-18-19-37(24(2)21-36)32(40)27-16-14-26(15-17-27)25-10-4-3-5-11-25/h3-17,20,24H,18-19,21-22H2,1-2H3. The Bertz CT molecular complexity index is 1680. The highest BCUT2D eigenvalue weighted by molar-refractivity contribution is 7.99. The molecule has 2 amide bonds. The van der Waals surface area contributed by atoms with Crippen molar-refractivity contribution in [1.29, 1.82) is 0 Å². The van der Waals surface area contributed by atoms with Gasteiger partial charge < -0.3 is 14.2 Å². The first kappa shape index (κ1) is 27.5. The number of para-hydroxylation sites is 1. The summed E-state index contributed by atoms with van der Waals surface area (Å²) >= 11 is 1.35. The Morgan fingerprint density at radius 1 is 0.881 bits per heavy atom. The summed E-state index contributed by atoms with van der Waals surface area (Å²) in [4.78, 5) is 30.3. The van der Waals surface area contributed by atoms with Gasteiger partial charge >= 0.3 is 0 Å². The van der Waals surface area contributed by atoms with Gasteiger partial charge in [-0.1, -0.05) is 72.4 Å². The number of carbonyl (C=O) groups excluding carboxylic acids is 2. The molecule has 3 heterocycles. The van der Waals surface area contributed by atoms with Gasteiger partial charge in [-0.3, -0.25) is 14.2 Å². The van der Waals surface area contributed by atoms with Gasteiger partial charge in [-0.25, -0.2) is 0 Å². The van der Waals surface area contributed by atoms with Gasteiger partial charge in [0.2, 0.25) is 11.7 Å². The number of rotatable bonds is 7. The Kier molecular flexibility index (Phi) is 7.92. The number of amides is 2. The van der Waals surface area contributed by atoms with Crippen molar-refractivity contribution in [2.75, 3.05) is 25.4 Å². The van der Waals surface area contributed by atoms with Crippen LogP contribution in [-0.2, 0) is 4.79 Å². The highest BCUT2D eigenvalue weighted by Gasteiger charge is 2.31. The van der Waals surface area contributed by atoms with Gasteiger partial charge in [-0.15, -0.1) is 10.2 Å². The summed E-state index contributed by atoms with van der Waals surface area (Å²) < 4.78 is 7.55. The van der Waals surface area contributed by atoms with E-state index in [9.17, 15) is 9.59 Å². The van der Waals surface area contributed by atoms with Crippen molar-refractivity contribution < 1.29 is 14.0 Å². The van der Waals surface area contributed by atoms with Gasteiger partial charge in [0.05, 0.1) is 17.7 Å². The van der Waals surface area contributed by atoms with E-state index < -0.39 is 0 Å². The first-order valence-corrected chi connectivity index (χ1v) is 14.9. The molecule has 0 spiro atoms. The fourth-order valence-corrected chi connectivity index (χ4v) is 6.11. The molecule has 0 N–H and O–H groups in total. The average molecular weight is 578 g/mol. The molecule has 1 saturated heterocycles. The minimum absolute atomic E-state index is 0.00467. The average Bonchev–Trinajstić information content (AvgIpc) is 3.71. The van der Waals surface area contributed by atoms with Crippen LogP contribution in [0.3, 0.4) is 0 Å². The Morgan fingerprint density at radius 2 is 1.62 bits per heavy atom. The molecular weight excluding hydrogens is 546 g/mol. The molecule has 0 bridgehead atoms. The van der Waals surface area contributed by atoms with Crippen molar-refractivity contribution in [2.45, 2.75) is 25.0 Å². The first-order valence-electron chi connectivity index (χ1n) is 13.9. The van der Waals surface area contributed by atoms with E-state index >= 15 is 0 Å². The number of piperazine rings is 1. The van der Waals surface area contributed by atoms with Crippen LogP contribution in [0.15, 0.2) is 107 Å². The van der Waals surface area contributed by atoms with Crippen LogP contribution in [0.1, 0.15) is 22.8 Å². The number of benzene rings is 3. The molecule has 5 aromatic rings.